The van der Waals surface area contributed by atoms with Crippen molar-refractivity contribution in [1.29, 1.82) is 0 Å². The molecule has 0 aliphatic heterocycles. The van der Waals surface area contributed by atoms with Gasteiger partial charge in [-0.3, -0.25) is 9.48 Å². The first kappa shape index (κ1) is 11.2. The van der Waals surface area contributed by atoms with Crippen LogP contribution < -0.4 is 5.32 Å². The van der Waals surface area contributed by atoms with Crippen LogP contribution in [0, 0.1) is 0 Å². The van der Waals surface area contributed by atoms with Crippen LogP contribution in [0.3, 0.4) is 0 Å². The molecule has 1 heterocycles. The van der Waals surface area contributed by atoms with Crippen molar-refractivity contribution in [2.75, 3.05) is 0 Å². The van der Waals surface area contributed by atoms with Gasteiger partial charge in [0.15, 0.2) is 0 Å². The van der Waals surface area contributed by atoms with E-state index in [9.17, 15) is 9.59 Å². The van der Waals surface area contributed by atoms with Crippen LogP contribution in [0.25, 0.3) is 0 Å². The molecule has 0 aliphatic rings. The maximum atomic E-state index is 10.7. The van der Waals surface area contributed by atoms with Gasteiger partial charge in [0.1, 0.15) is 0 Å². The second-order valence-corrected chi connectivity index (χ2v) is 3.36. The van der Waals surface area contributed by atoms with E-state index >= 15 is 0 Å². The second-order valence-electron chi connectivity index (χ2n) is 3.36. The van der Waals surface area contributed by atoms with E-state index in [0.717, 1.165) is 0 Å². The minimum absolute atomic E-state index is 0.0796. The number of nitrogens with zero attached hydrogens (tertiary/aromatic N) is 2. The number of carbonyl (C=O) groups is 2. The highest BCUT2D eigenvalue weighted by Gasteiger charge is 2.08. The first-order valence-corrected chi connectivity index (χ1v) is 4.52. The summed E-state index contributed by atoms with van der Waals surface area (Å²) in [6.07, 6.45) is 2.71. The number of rotatable bonds is 4. The summed E-state index contributed by atoms with van der Waals surface area (Å²) in [6.45, 7) is 3.71. The molecule has 2 N–H and O–H groups in total. The Hall–Kier alpha value is -1.85. The lowest BCUT2D eigenvalue weighted by Crippen LogP contribution is -2.34. The van der Waals surface area contributed by atoms with Crippen molar-refractivity contribution in [3.05, 3.63) is 18.0 Å². The normalized spacial score (nSPS) is 12.1. The molecule has 0 aliphatic carbocycles. The van der Waals surface area contributed by atoms with Gasteiger partial charge < -0.3 is 10.4 Å². The van der Waals surface area contributed by atoms with Gasteiger partial charge >= 0.3 is 5.97 Å². The number of hydrogen-bond donors (Lipinski definition) is 2. The number of carboxylic acid groups (broad SMARTS) is 1. The van der Waals surface area contributed by atoms with E-state index in [1.54, 1.807) is 0 Å². The molecule has 1 rings (SSSR count). The third kappa shape index (κ3) is 3.41. The third-order valence-electron chi connectivity index (χ3n) is 1.79. The van der Waals surface area contributed by atoms with Crippen LogP contribution in [0.1, 0.15) is 24.2 Å². The lowest BCUT2D eigenvalue weighted by molar-refractivity contribution is -0.119. The quantitative estimate of drug-likeness (QED) is 0.740. The molecular formula is C9H13N3O3. The Balaban J connectivity index is 2.57. The SMILES string of the molecule is CC(=O)NC(C)Cn1cc(C(=O)O)cn1. The first-order valence-electron chi connectivity index (χ1n) is 4.52. The largest absolute Gasteiger partial charge is 0.478 e. The Labute approximate surface area is 86.9 Å². The Bertz CT molecular complexity index is 372. The van der Waals surface area contributed by atoms with Crippen LogP contribution in [-0.4, -0.2) is 32.8 Å². The smallest absolute Gasteiger partial charge is 0.338 e. The highest BCUT2D eigenvalue weighted by atomic mass is 16.4. The first-order chi connectivity index (χ1) is 6.99. The molecule has 1 unspecified atom stereocenters. The minimum Gasteiger partial charge on any atom is -0.478 e. The predicted molar refractivity (Wildman–Crippen MR) is 52.5 cm³/mol. The fourth-order valence-corrected chi connectivity index (χ4v) is 1.25. The van der Waals surface area contributed by atoms with E-state index in [4.69, 9.17) is 5.11 Å². The molecule has 0 spiro atoms. The molecule has 1 aromatic rings. The monoisotopic (exact) mass is 211 g/mol. The van der Waals surface area contributed by atoms with E-state index < -0.39 is 5.97 Å². The average Bonchev–Trinajstić information content (AvgIpc) is 2.50. The van der Waals surface area contributed by atoms with Gasteiger partial charge in [-0.1, -0.05) is 0 Å². The van der Waals surface area contributed by atoms with Crippen molar-refractivity contribution < 1.29 is 14.7 Å². The number of hydrogen-bond acceptors (Lipinski definition) is 3. The summed E-state index contributed by atoms with van der Waals surface area (Å²) in [5.74, 6) is -1.12. The molecule has 15 heavy (non-hydrogen) atoms. The van der Waals surface area contributed by atoms with Crippen LogP contribution in [-0.2, 0) is 11.3 Å². The van der Waals surface area contributed by atoms with E-state index in [2.05, 4.69) is 10.4 Å². The van der Waals surface area contributed by atoms with E-state index in [0.29, 0.717) is 6.54 Å². The van der Waals surface area contributed by atoms with Crippen molar-refractivity contribution >= 4 is 11.9 Å². The van der Waals surface area contributed by atoms with Crippen LogP contribution in [0.5, 0.6) is 0 Å². The van der Waals surface area contributed by atoms with Crippen LogP contribution in [0.4, 0.5) is 0 Å². The van der Waals surface area contributed by atoms with Crippen LogP contribution >= 0.6 is 0 Å². The van der Waals surface area contributed by atoms with Gasteiger partial charge in [-0.25, -0.2) is 4.79 Å². The molecule has 1 atom stereocenters. The maximum absolute atomic E-state index is 10.7. The van der Waals surface area contributed by atoms with Crippen LogP contribution in [0.2, 0.25) is 0 Å². The summed E-state index contributed by atoms with van der Waals surface area (Å²) in [5.41, 5.74) is 0.144. The molecular weight excluding hydrogens is 198 g/mol. The van der Waals surface area contributed by atoms with Gasteiger partial charge in [-0.05, 0) is 6.92 Å². The third-order valence-corrected chi connectivity index (χ3v) is 1.79. The number of nitrogens with one attached hydrogen (secondary N) is 1. The number of carboxylic acids is 1. The summed E-state index contributed by atoms with van der Waals surface area (Å²) >= 11 is 0. The highest BCUT2D eigenvalue weighted by molar-refractivity contribution is 5.86. The molecule has 0 bridgehead atoms. The zero-order chi connectivity index (χ0) is 11.4. The van der Waals surface area contributed by atoms with Crippen molar-refractivity contribution in [2.45, 2.75) is 26.4 Å². The average molecular weight is 211 g/mol. The summed E-state index contributed by atoms with van der Waals surface area (Å²) in [7, 11) is 0. The van der Waals surface area contributed by atoms with Gasteiger partial charge in [-0.2, -0.15) is 5.10 Å². The van der Waals surface area contributed by atoms with Gasteiger partial charge in [0.25, 0.3) is 0 Å². The summed E-state index contributed by atoms with van der Waals surface area (Å²) in [4.78, 5) is 21.3. The van der Waals surface area contributed by atoms with Gasteiger partial charge in [0.2, 0.25) is 5.91 Å². The van der Waals surface area contributed by atoms with E-state index in [1.807, 2.05) is 6.92 Å². The van der Waals surface area contributed by atoms with Crippen molar-refractivity contribution in [3.8, 4) is 0 Å². The summed E-state index contributed by atoms with van der Waals surface area (Å²) in [6, 6.07) is -0.0796. The highest BCUT2D eigenvalue weighted by Crippen LogP contribution is 1.98. The van der Waals surface area contributed by atoms with E-state index in [1.165, 1.54) is 24.0 Å². The Kier molecular flexibility index (Phi) is 3.43. The van der Waals surface area contributed by atoms with Gasteiger partial charge in [0.05, 0.1) is 18.3 Å². The molecule has 6 nitrogen and oxygen atoms in total. The number of carbonyl (C=O) groups excluding carboxylic acids is 1. The molecule has 0 aromatic carbocycles. The van der Waals surface area contributed by atoms with Crippen LogP contribution in [0.15, 0.2) is 12.4 Å². The molecule has 1 amide bonds. The molecule has 0 saturated heterocycles. The Morgan fingerprint density at radius 1 is 1.67 bits per heavy atom. The fourth-order valence-electron chi connectivity index (χ4n) is 1.25. The lowest BCUT2D eigenvalue weighted by Gasteiger charge is -2.11. The lowest BCUT2D eigenvalue weighted by atomic mass is 10.3. The van der Waals surface area contributed by atoms with Gasteiger partial charge in [-0.15, -0.1) is 0 Å². The Morgan fingerprint density at radius 2 is 2.33 bits per heavy atom. The zero-order valence-corrected chi connectivity index (χ0v) is 8.60. The van der Waals surface area contributed by atoms with Crippen molar-refractivity contribution in [3.63, 3.8) is 0 Å². The maximum Gasteiger partial charge on any atom is 0.338 e. The summed E-state index contributed by atoms with van der Waals surface area (Å²) in [5, 5.41) is 15.2. The predicted octanol–water partition coefficient (Wildman–Crippen LogP) is 0.106. The minimum atomic E-state index is -1.01. The zero-order valence-electron chi connectivity index (χ0n) is 8.60. The molecule has 0 fully saturated rings. The fraction of sp³-hybridized carbons (Fsp3) is 0.444. The Morgan fingerprint density at radius 3 is 2.80 bits per heavy atom. The van der Waals surface area contributed by atoms with Crippen molar-refractivity contribution in [1.82, 2.24) is 15.1 Å². The second kappa shape index (κ2) is 4.59. The van der Waals surface area contributed by atoms with Gasteiger partial charge in [0, 0.05) is 19.2 Å². The molecule has 6 heteroatoms. The number of aromatic carboxylic acids is 1. The molecule has 0 saturated carbocycles. The number of amides is 1. The number of aromatic nitrogens is 2. The molecule has 0 radical (unpaired) electrons. The molecule has 1 aromatic heterocycles. The van der Waals surface area contributed by atoms with Crippen molar-refractivity contribution in [2.24, 2.45) is 0 Å². The molecule has 82 valence electrons. The van der Waals surface area contributed by atoms with E-state index in [-0.39, 0.29) is 17.5 Å². The summed E-state index contributed by atoms with van der Waals surface area (Å²) < 4.78 is 1.49. The standard InChI is InChI=1S/C9H13N3O3/c1-6(11-7(2)13)4-12-5-8(3-10-12)9(14)15/h3,5-6H,4H2,1-2H3,(H,11,13)(H,14,15). The topological polar surface area (TPSA) is 84.2 Å².